The van der Waals surface area contributed by atoms with E-state index in [4.69, 9.17) is 10.6 Å². The lowest BCUT2D eigenvalue weighted by Gasteiger charge is -2.02. The molecule has 0 aromatic heterocycles. The van der Waals surface area contributed by atoms with E-state index in [2.05, 4.69) is 0 Å². The average Bonchev–Trinajstić information content (AvgIpc) is 2.28. The fourth-order valence-electron chi connectivity index (χ4n) is 1.06. The van der Waals surface area contributed by atoms with Crippen molar-refractivity contribution >= 4 is 12.0 Å². The van der Waals surface area contributed by atoms with Crippen LogP contribution in [0.25, 0.3) is 6.08 Å². The molecule has 1 aromatic carbocycles. The molecule has 0 saturated carbocycles. The molecule has 1 rings (SSSR count). The van der Waals surface area contributed by atoms with Crippen LogP contribution in [-0.4, -0.2) is 12.5 Å². The third-order valence-electron chi connectivity index (χ3n) is 1.76. The van der Waals surface area contributed by atoms with Crippen molar-refractivity contribution in [3.63, 3.8) is 0 Å². The SMILES string of the molecule is CCOc1ccc(/C=C/C(=O)NN)cc1. The standard InChI is InChI=1S/C11H14N2O2/c1-2-15-10-6-3-9(4-7-10)5-8-11(14)13-12/h3-8H,2,12H2,1H3,(H,13,14)/b8-5+. The summed E-state index contributed by atoms with van der Waals surface area (Å²) in [5, 5.41) is 0. The fourth-order valence-corrected chi connectivity index (χ4v) is 1.06. The van der Waals surface area contributed by atoms with E-state index >= 15 is 0 Å². The zero-order valence-corrected chi connectivity index (χ0v) is 8.57. The predicted octanol–water partition coefficient (Wildman–Crippen LogP) is 1.09. The maximum atomic E-state index is 10.8. The van der Waals surface area contributed by atoms with E-state index in [0.29, 0.717) is 6.61 Å². The zero-order valence-electron chi connectivity index (χ0n) is 8.57. The van der Waals surface area contributed by atoms with Crippen LogP contribution < -0.4 is 16.0 Å². The van der Waals surface area contributed by atoms with Crippen LogP contribution in [-0.2, 0) is 4.79 Å². The Morgan fingerprint density at radius 2 is 2.13 bits per heavy atom. The highest BCUT2D eigenvalue weighted by atomic mass is 16.5. The first-order chi connectivity index (χ1) is 7.26. The maximum Gasteiger partial charge on any atom is 0.257 e. The second-order valence-corrected chi connectivity index (χ2v) is 2.84. The minimum atomic E-state index is -0.330. The molecule has 0 atom stereocenters. The Morgan fingerprint density at radius 1 is 1.47 bits per heavy atom. The average molecular weight is 206 g/mol. The van der Waals surface area contributed by atoms with Gasteiger partial charge in [0.15, 0.2) is 0 Å². The first kappa shape index (κ1) is 11.3. The van der Waals surface area contributed by atoms with Gasteiger partial charge in [0.25, 0.3) is 5.91 Å². The minimum Gasteiger partial charge on any atom is -0.494 e. The first-order valence-corrected chi connectivity index (χ1v) is 4.67. The number of benzene rings is 1. The highest BCUT2D eigenvalue weighted by Gasteiger charge is 1.92. The van der Waals surface area contributed by atoms with Gasteiger partial charge in [-0.25, -0.2) is 5.84 Å². The Labute approximate surface area is 88.7 Å². The highest BCUT2D eigenvalue weighted by molar-refractivity contribution is 5.91. The van der Waals surface area contributed by atoms with Crippen molar-refractivity contribution in [3.8, 4) is 5.75 Å². The Morgan fingerprint density at radius 3 is 2.67 bits per heavy atom. The van der Waals surface area contributed by atoms with Crippen molar-refractivity contribution < 1.29 is 9.53 Å². The van der Waals surface area contributed by atoms with E-state index in [0.717, 1.165) is 11.3 Å². The second kappa shape index (κ2) is 5.82. The summed E-state index contributed by atoms with van der Waals surface area (Å²) in [4.78, 5) is 10.8. The molecule has 80 valence electrons. The van der Waals surface area contributed by atoms with Crippen molar-refractivity contribution in [1.29, 1.82) is 0 Å². The molecule has 0 radical (unpaired) electrons. The predicted molar refractivity (Wildman–Crippen MR) is 59.0 cm³/mol. The number of nitrogens with two attached hydrogens (primary N) is 1. The van der Waals surface area contributed by atoms with Gasteiger partial charge in [0, 0.05) is 6.08 Å². The Balaban J connectivity index is 2.64. The van der Waals surface area contributed by atoms with Crippen LogP contribution in [0.5, 0.6) is 5.75 Å². The summed E-state index contributed by atoms with van der Waals surface area (Å²) in [5.74, 6) is 5.42. The second-order valence-electron chi connectivity index (χ2n) is 2.84. The van der Waals surface area contributed by atoms with Crippen LogP contribution in [0, 0.1) is 0 Å². The van der Waals surface area contributed by atoms with Gasteiger partial charge in [0.05, 0.1) is 6.61 Å². The molecule has 0 unspecified atom stereocenters. The molecule has 0 aliphatic heterocycles. The summed E-state index contributed by atoms with van der Waals surface area (Å²) in [6.45, 7) is 2.57. The summed E-state index contributed by atoms with van der Waals surface area (Å²) in [6.07, 6.45) is 3.05. The van der Waals surface area contributed by atoms with Crippen molar-refractivity contribution in [2.45, 2.75) is 6.92 Å². The molecule has 0 bridgehead atoms. The zero-order chi connectivity index (χ0) is 11.1. The lowest BCUT2D eigenvalue weighted by atomic mass is 10.2. The lowest BCUT2D eigenvalue weighted by Crippen LogP contribution is -2.27. The number of hydrogen-bond donors (Lipinski definition) is 2. The van der Waals surface area contributed by atoms with Crippen LogP contribution in [0.2, 0.25) is 0 Å². The van der Waals surface area contributed by atoms with Crippen LogP contribution >= 0.6 is 0 Å². The molecule has 3 N–H and O–H groups in total. The Bertz CT molecular complexity index is 344. The van der Waals surface area contributed by atoms with Crippen LogP contribution in [0.3, 0.4) is 0 Å². The Kier molecular flexibility index (Phi) is 4.37. The first-order valence-electron chi connectivity index (χ1n) is 4.67. The number of hydrazine groups is 1. The summed E-state index contributed by atoms with van der Waals surface area (Å²) in [6, 6.07) is 7.43. The summed E-state index contributed by atoms with van der Waals surface area (Å²) in [5.41, 5.74) is 2.94. The number of carbonyl (C=O) groups excluding carboxylic acids is 1. The van der Waals surface area contributed by atoms with Gasteiger partial charge in [-0.2, -0.15) is 0 Å². The molecule has 1 aromatic rings. The largest absolute Gasteiger partial charge is 0.494 e. The van der Waals surface area contributed by atoms with Crippen molar-refractivity contribution in [1.82, 2.24) is 5.43 Å². The summed E-state index contributed by atoms with van der Waals surface area (Å²) in [7, 11) is 0. The van der Waals surface area contributed by atoms with Gasteiger partial charge in [0.2, 0.25) is 0 Å². The molecule has 0 saturated heterocycles. The smallest absolute Gasteiger partial charge is 0.257 e. The minimum absolute atomic E-state index is 0.330. The summed E-state index contributed by atoms with van der Waals surface area (Å²) < 4.78 is 5.28. The van der Waals surface area contributed by atoms with Crippen LogP contribution in [0.1, 0.15) is 12.5 Å². The number of carbonyl (C=O) groups is 1. The van der Waals surface area contributed by atoms with Crippen LogP contribution in [0.15, 0.2) is 30.3 Å². The molecule has 15 heavy (non-hydrogen) atoms. The van der Waals surface area contributed by atoms with Crippen molar-refractivity contribution in [3.05, 3.63) is 35.9 Å². The van der Waals surface area contributed by atoms with Gasteiger partial charge in [-0.1, -0.05) is 12.1 Å². The van der Waals surface area contributed by atoms with Crippen molar-refractivity contribution in [2.75, 3.05) is 6.61 Å². The third kappa shape index (κ3) is 3.83. The quantitative estimate of drug-likeness (QED) is 0.335. The molecule has 0 aliphatic rings. The van der Waals surface area contributed by atoms with Gasteiger partial charge in [-0.3, -0.25) is 10.2 Å². The Hall–Kier alpha value is -1.81. The number of hydrogen-bond acceptors (Lipinski definition) is 3. The fraction of sp³-hybridized carbons (Fsp3) is 0.182. The number of ether oxygens (including phenoxy) is 1. The number of nitrogens with one attached hydrogen (secondary N) is 1. The van der Waals surface area contributed by atoms with E-state index < -0.39 is 0 Å². The number of rotatable bonds is 4. The van der Waals surface area contributed by atoms with Crippen molar-refractivity contribution in [2.24, 2.45) is 5.84 Å². The van der Waals surface area contributed by atoms with E-state index in [1.54, 1.807) is 6.08 Å². The van der Waals surface area contributed by atoms with Gasteiger partial charge in [-0.05, 0) is 30.7 Å². The molecule has 1 amide bonds. The maximum absolute atomic E-state index is 10.8. The van der Waals surface area contributed by atoms with Gasteiger partial charge >= 0.3 is 0 Å². The lowest BCUT2D eigenvalue weighted by molar-refractivity contribution is -0.116. The van der Waals surface area contributed by atoms with Gasteiger partial charge in [0.1, 0.15) is 5.75 Å². The van der Waals surface area contributed by atoms with Crippen LogP contribution in [0.4, 0.5) is 0 Å². The highest BCUT2D eigenvalue weighted by Crippen LogP contribution is 2.12. The molecular formula is C11H14N2O2. The topological polar surface area (TPSA) is 64.3 Å². The monoisotopic (exact) mass is 206 g/mol. The van der Waals surface area contributed by atoms with Gasteiger partial charge < -0.3 is 4.74 Å². The third-order valence-corrected chi connectivity index (χ3v) is 1.76. The normalized spacial score (nSPS) is 10.3. The van der Waals surface area contributed by atoms with E-state index in [1.165, 1.54) is 6.08 Å². The molecular weight excluding hydrogens is 192 g/mol. The molecule has 0 heterocycles. The van der Waals surface area contributed by atoms with Gasteiger partial charge in [-0.15, -0.1) is 0 Å². The molecule has 4 heteroatoms. The van der Waals surface area contributed by atoms with E-state index in [9.17, 15) is 4.79 Å². The molecule has 0 fully saturated rings. The molecule has 0 aliphatic carbocycles. The molecule has 4 nitrogen and oxygen atoms in total. The summed E-state index contributed by atoms with van der Waals surface area (Å²) >= 11 is 0. The van der Waals surface area contributed by atoms with E-state index in [1.807, 2.05) is 36.6 Å². The number of amides is 1. The molecule has 0 spiro atoms. The van der Waals surface area contributed by atoms with E-state index in [-0.39, 0.29) is 5.91 Å².